The number of rotatable bonds is 6. The van der Waals surface area contributed by atoms with Crippen LogP contribution in [0, 0.1) is 17.7 Å². The summed E-state index contributed by atoms with van der Waals surface area (Å²) in [4.78, 5) is 0. The summed E-state index contributed by atoms with van der Waals surface area (Å²) in [6, 6.07) is 4.34. The van der Waals surface area contributed by atoms with Gasteiger partial charge in [0.1, 0.15) is 21.4 Å². The third-order valence-electron chi connectivity index (χ3n) is 2.57. The molecule has 1 aromatic rings. The van der Waals surface area contributed by atoms with Gasteiger partial charge in [-0.25, -0.2) is 12.8 Å². The summed E-state index contributed by atoms with van der Waals surface area (Å²) in [6.07, 6.45) is 0.381. The molecule has 0 fully saturated rings. The molecule has 110 valence electrons. The Morgan fingerprint density at radius 1 is 1.40 bits per heavy atom. The SMILES string of the molecule is CCS(=O)(=O)CCCOc1ccc(C#CCN)c(F)c1. The molecular weight excluding hydrogens is 281 g/mol. The van der Waals surface area contributed by atoms with E-state index in [2.05, 4.69) is 11.8 Å². The minimum absolute atomic E-state index is 0.0754. The van der Waals surface area contributed by atoms with Crippen molar-refractivity contribution >= 4 is 9.84 Å². The number of hydrogen-bond acceptors (Lipinski definition) is 4. The smallest absolute Gasteiger partial charge is 0.150 e. The van der Waals surface area contributed by atoms with E-state index < -0.39 is 15.7 Å². The highest BCUT2D eigenvalue weighted by molar-refractivity contribution is 7.91. The lowest BCUT2D eigenvalue weighted by Gasteiger charge is -2.06. The molecule has 2 N–H and O–H groups in total. The third-order valence-corrected chi connectivity index (χ3v) is 4.36. The van der Waals surface area contributed by atoms with E-state index in [1.165, 1.54) is 12.1 Å². The maximum atomic E-state index is 13.6. The number of hydrogen-bond donors (Lipinski definition) is 1. The summed E-state index contributed by atoms with van der Waals surface area (Å²) < 4.78 is 41.5. The molecule has 0 spiro atoms. The molecule has 1 aromatic carbocycles. The van der Waals surface area contributed by atoms with Gasteiger partial charge in [-0.3, -0.25) is 0 Å². The number of sulfone groups is 1. The highest BCUT2D eigenvalue weighted by Crippen LogP contribution is 2.16. The number of benzene rings is 1. The number of nitrogens with two attached hydrogens (primary N) is 1. The average Bonchev–Trinajstić information content (AvgIpc) is 2.43. The molecule has 0 aliphatic rings. The first-order valence-electron chi connectivity index (χ1n) is 6.30. The zero-order valence-corrected chi connectivity index (χ0v) is 12.2. The van der Waals surface area contributed by atoms with E-state index in [0.717, 1.165) is 0 Å². The molecule has 1 rings (SSSR count). The lowest BCUT2D eigenvalue weighted by Crippen LogP contribution is -2.11. The van der Waals surface area contributed by atoms with Gasteiger partial charge >= 0.3 is 0 Å². The second-order valence-corrected chi connectivity index (χ2v) is 6.56. The van der Waals surface area contributed by atoms with Crippen LogP contribution in [0.4, 0.5) is 4.39 Å². The van der Waals surface area contributed by atoms with Crippen molar-refractivity contribution in [1.82, 2.24) is 0 Å². The van der Waals surface area contributed by atoms with E-state index >= 15 is 0 Å². The fourth-order valence-corrected chi connectivity index (χ4v) is 2.29. The summed E-state index contributed by atoms with van der Waals surface area (Å²) in [5.74, 6) is 5.25. The molecule has 0 saturated carbocycles. The Morgan fingerprint density at radius 2 is 2.15 bits per heavy atom. The molecule has 6 heteroatoms. The Bertz CT molecular complexity index is 603. The summed E-state index contributed by atoms with van der Waals surface area (Å²) in [7, 11) is -2.98. The average molecular weight is 299 g/mol. The van der Waals surface area contributed by atoms with Crippen LogP contribution in [0.3, 0.4) is 0 Å². The molecule has 0 unspecified atom stereocenters. The zero-order chi connectivity index (χ0) is 15.0. The molecule has 0 heterocycles. The Labute approximate surface area is 119 Å². The normalized spacial score (nSPS) is 10.8. The monoisotopic (exact) mass is 299 g/mol. The molecule has 0 bridgehead atoms. The first-order chi connectivity index (χ1) is 9.48. The topological polar surface area (TPSA) is 69.4 Å². The van der Waals surface area contributed by atoms with Gasteiger partial charge in [0.25, 0.3) is 0 Å². The van der Waals surface area contributed by atoms with Gasteiger partial charge in [-0.2, -0.15) is 0 Å². The number of ether oxygens (including phenoxy) is 1. The van der Waals surface area contributed by atoms with Crippen molar-refractivity contribution in [3.63, 3.8) is 0 Å². The maximum Gasteiger partial charge on any atom is 0.150 e. The highest BCUT2D eigenvalue weighted by Gasteiger charge is 2.07. The molecule has 0 amide bonds. The lowest BCUT2D eigenvalue weighted by atomic mass is 10.2. The molecule has 0 atom stereocenters. The molecule has 0 radical (unpaired) electrons. The second-order valence-electron chi connectivity index (χ2n) is 4.09. The second kappa shape index (κ2) is 7.88. The van der Waals surface area contributed by atoms with Crippen LogP contribution in [0.2, 0.25) is 0 Å². The van der Waals surface area contributed by atoms with Crippen LogP contribution < -0.4 is 10.5 Å². The van der Waals surface area contributed by atoms with Gasteiger partial charge in [0.15, 0.2) is 0 Å². The minimum Gasteiger partial charge on any atom is -0.493 e. The Kier molecular flexibility index (Phi) is 6.49. The predicted octanol–water partition coefficient (Wildman–Crippen LogP) is 1.34. The van der Waals surface area contributed by atoms with Crippen LogP contribution in [0.1, 0.15) is 18.9 Å². The molecule has 20 heavy (non-hydrogen) atoms. The molecule has 0 aliphatic heterocycles. The Morgan fingerprint density at radius 3 is 2.75 bits per heavy atom. The highest BCUT2D eigenvalue weighted by atomic mass is 32.2. The van der Waals surface area contributed by atoms with Crippen molar-refractivity contribution < 1.29 is 17.5 Å². The zero-order valence-electron chi connectivity index (χ0n) is 11.4. The third kappa shape index (κ3) is 5.59. The minimum atomic E-state index is -2.98. The first kappa shape index (κ1) is 16.5. The van der Waals surface area contributed by atoms with Crippen molar-refractivity contribution in [3.05, 3.63) is 29.6 Å². The van der Waals surface area contributed by atoms with Gasteiger partial charge in [0.05, 0.1) is 24.5 Å². The van der Waals surface area contributed by atoms with Crippen molar-refractivity contribution in [3.8, 4) is 17.6 Å². The van der Waals surface area contributed by atoms with Crippen LogP contribution in [0.5, 0.6) is 5.75 Å². The molecule has 0 saturated heterocycles. The van der Waals surface area contributed by atoms with Crippen LogP contribution in [0.15, 0.2) is 18.2 Å². The van der Waals surface area contributed by atoms with Gasteiger partial charge in [0, 0.05) is 11.8 Å². The fourth-order valence-electron chi connectivity index (χ4n) is 1.45. The summed E-state index contributed by atoms with van der Waals surface area (Å²) >= 11 is 0. The van der Waals surface area contributed by atoms with Gasteiger partial charge in [-0.05, 0) is 18.6 Å². The van der Waals surface area contributed by atoms with E-state index in [1.807, 2.05) is 0 Å². The van der Waals surface area contributed by atoms with E-state index in [0.29, 0.717) is 12.2 Å². The standard InChI is InChI=1S/C14H18FNO3S/c1-2-20(17,18)10-4-9-19-13-7-6-12(5-3-8-16)14(15)11-13/h6-7,11H,2,4,8-10,16H2,1H3. The first-order valence-corrected chi connectivity index (χ1v) is 8.12. The molecule has 0 aliphatic carbocycles. The van der Waals surface area contributed by atoms with Crippen LogP contribution in [-0.4, -0.2) is 33.1 Å². The fraction of sp³-hybridized carbons (Fsp3) is 0.429. The summed E-state index contributed by atoms with van der Waals surface area (Å²) in [5, 5.41) is 0. The van der Waals surface area contributed by atoms with Crippen molar-refractivity contribution in [2.75, 3.05) is 24.7 Å². The van der Waals surface area contributed by atoms with E-state index in [9.17, 15) is 12.8 Å². The van der Waals surface area contributed by atoms with Crippen LogP contribution in [-0.2, 0) is 9.84 Å². The molecule has 4 nitrogen and oxygen atoms in total. The number of halogens is 1. The van der Waals surface area contributed by atoms with Gasteiger partial charge < -0.3 is 10.5 Å². The van der Waals surface area contributed by atoms with Gasteiger partial charge in [-0.15, -0.1) is 0 Å². The Hall–Kier alpha value is -1.58. The molecular formula is C14H18FNO3S. The van der Waals surface area contributed by atoms with Gasteiger partial charge in [-0.1, -0.05) is 18.8 Å². The van der Waals surface area contributed by atoms with Crippen molar-refractivity contribution in [1.29, 1.82) is 0 Å². The van der Waals surface area contributed by atoms with Crippen LogP contribution in [0.25, 0.3) is 0 Å². The largest absolute Gasteiger partial charge is 0.493 e. The van der Waals surface area contributed by atoms with Crippen molar-refractivity contribution in [2.24, 2.45) is 5.73 Å². The van der Waals surface area contributed by atoms with E-state index in [1.54, 1.807) is 13.0 Å². The predicted molar refractivity (Wildman–Crippen MR) is 76.8 cm³/mol. The molecule has 0 aromatic heterocycles. The quantitative estimate of drug-likeness (QED) is 0.636. The maximum absolute atomic E-state index is 13.6. The van der Waals surface area contributed by atoms with Gasteiger partial charge in [0.2, 0.25) is 0 Å². The summed E-state index contributed by atoms with van der Waals surface area (Å²) in [5.41, 5.74) is 5.47. The summed E-state index contributed by atoms with van der Waals surface area (Å²) in [6.45, 7) is 2.00. The Balaban J connectivity index is 2.52. The lowest BCUT2D eigenvalue weighted by molar-refractivity contribution is 0.316. The van der Waals surface area contributed by atoms with E-state index in [-0.39, 0.29) is 30.2 Å². The van der Waals surface area contributed by atoms with Crippen LogP contribution >= 0.6 is 0 Å². The van der Waals surface area contributed by atoms with Crippen molar-refractivity contribution in [2.45, 2.75) is 13.3 Å². The van der Waals surface area contributed by atoms with E-state index in [4.69, 9.17) is 10.5 Å².